The van der Waals surface area contributed by atoms with Gasteiger partial charge in [-0.05, 0) is 41.3 Å². The van der Waals surface area contributed by atoms with E-state index >= 15 is 0 Å². The van der Waals surface area contributed by atoms with Crippen molar-refractivity contribution in [2.45, 2.75) is 13.5 Å². The number of hydrogen-bond acceptors (Lipinski definition) is 1. The lowest BCUT2D eigenvalue weighted by Gasteiger charge is -2.25. The van der Waals surface area contributed by atoms with Crippen molar-refractivity contribution < 1.29 is 0 Å². The largest absolute Gasteiger partial charge is 0.370 e. The Kier molecular flexibility index (Phi) is 2.67. The highest BCUT2D eigenvalue weighted by molar-refractivity contribution is 5.86. The van der Waals surface area contributed by atoms with Gasteiger partial charge in [-0.2, -0.15) is 0 Å². The Balaban J connectivity index is 2.23. The van der Waals surface area contributed by atoms with E-state index in [0.717, 1.165) is 6.54 Å². The third-order valence-electron chi connectivity index (χ3n) is 3.57. The zero-order valence-corrected chi connectivity index (χ0v) is 10.9. The second-order valence-electron chi connectivity index (χ2n) is 4.90. The lowest BCUT2D eigenvalue weighted by atomic mass is 9.96. The Morgan fingerprint density at radius 1 is 0.944 bits per heavy atom. The first kappa shape index (κ1) is 11.1. The van der Waals surface area contributed by atoms with Crippen LogP contribution in [0, 0.1) is 0 Å². The van der Waals surface area contributed by atoms with Crippen molar-refractivity contribution in [3.05, 3.63) is 65.2 Å². The Hall–Kier alpha value is -2.02. The van der Waals surface area contributed by atoms with Crippen molar-refractivity contribution in [1.29, 1.82) is 0 Å². The van der Waals surface area contributed by atoms with E-state index in [2.05, 4.69) is 73.5 Å². The smallest absolute Gasteiger partial charge is 0.0440 e. The fourth-order valence-electron chi connectivity index (χ4n) is 2.65. The Morgan fingerprint density at radius 2 is 1.67 bits per heavy atom. The van der Waals surface area contributed by atoms with Gasteiger partial charge in [0.05, 0.1) is 0 Å². The van der Waals surface area contributed by atoms with Crippen LogP contribution in [-0.4, -0.2) is 7.05 Å². The molecule has 0 aromatic heterocycles. The van der Waals surface area contributed by atoms with Gasteiger partial charge in [-0.25, -0.2) is 0 Å². The number of anilines is 1. The molecular weight excluding hydrogens is 218 g/mol. The first-order valence-corrected chi connectivity index (χ1v) is 6.32. The molecule has 0 N–H and O–H groups in total. The SMILES string of the molecule is C/C1=C/c2ccccc2N(C)Cc2ccccc21. The number of para-hydroxylation sites is 1. The molecule has 2 aromatic carbocycles. The molecule has 18 heavy (non-hydrogen) atoms. The highest BCUT2D eigenvalue weighted by Gasteiger charge is 2.13. The van der Waals surface area contributed by atoms with E-state index in [1.54, 1.807) is 0 Å². The molecule has 1 nitrogen and oxygen atoms in total. The molecule has 90 valence electrons. The molecule has 0 spiro atoms. The van der Waals surface area contributed by atoms with Crippen LogP contribution in [-0.2, 0) is 6.54 Å². The zero-order chi connectivity index (χ0) is 12.5. The summed E-state index contributed by atoms with van der Waals surface area (Å²) in [6.07, 6.45) is 2.28. The van der Waals surface area contributed by atoms with E-state index in [-0.39, 0.29) is 0 Å². The van der Waals surface area contributed by atoms with Crippen LogP contribution >= 0.6 is 0 Å². The van der Waals surface area contributed by atoms with Crippen LogP contribution in [0.3, 0.4) is 0 Å². The number of hydrogen-bond donors (Lipinski definition) is 0. The van der Waals surface area contributed by atoms with Crippen molar-refractivity contribution in [3.8, 4) is 0 Å². The molecule has 0 saturated heterocycles. The van der Waals surface area contributed by atoms with Gasteiger partial charge in [0.1, 0.15) is 0 Å². The molecule has 2 aromatic rings. The van der Waals surface area contributed by atoms with Crippen molar-refractivity contribution in [3.63, 3.8) is 0 Å². The fourth-order valence-corrected chi connectivity index (χ4v) is 2.65. The Labute approximate surface area is 108 Å². The number of allylic oxidation sites excluding steroid dienone is 1. The van der Waals surface area contributed by atoms with Gasteiger partial charge in [0, 0.05) is 19.3 Å². The van der Waals surface area contributed by atoms with Crippen LogP contribution in [0.5, 0.6) is 0 Å². The highest BCUT2D eigenvalue weighted by atomic mass is 15.1. The fraction of sp³-hybridized carbons (Fsp3) is 0.176. The van der Waals surface area contributed by atoms with Crippen molar-refractivity contribution in [1.82, 2.24) is 0 Å². The molecule has 0 unspecified atom stereocenters. The van der Waals surface area contributed by atoms with Gasteiger partial charge in [0.15, 0.2) is 0 Å². The molecule has 1 heteroatoms. The maximum atomic E-state index is 2.32. The molecule has 1 heterocycles. The number of rotatable bonds is 0. The molecule has 3 rings (SSSR count). The number of nitrogens with zero attached hydrogens (tertiary/aromatic N) is 1. The third kappa shape index (κ3) is 1.82. The maximum Gasteiger partial charge on any atom is 0.0440 e. The molecule has 0 aliphatic carbocycles. The molecule has 1 aliphatic rings. The molecular formula is C17H17N. The van der Waals surface area contributed by atoms with E-state index in [4.69, 9.17) is 0 Å². The second kappa shape index (κ2) is 4.34. The third-order valence-corrected chi connectivity index (χ3v) is 3.57. The van der Waals surface area contributed by atoms with Crippen LogP contribution in [0.4, 0.5) is 5.69 Å². The summed E-state index contributed by atoms with van der Waals surface area (Å²) in [6, 6.07) is 17.2. The molecule has 0 bridgehead atoms. The molecule has 0 atom stereocenters. The van der Waals surface area contributed by atoms with Crippen LogP contribution in [0.15, 0.2) is 48.5 Å². The standard InChI is InChI=1S/C17H17N/c1-13-11-14-7-4-6-10-17(14)18(2)12-15-8-3-5-9-16(13)15/h3-11H,12H2,1-2H3/b13-11-. The predicted octanol–water partition coefficient (Wildman–Crippen LogP) is 4.20. The predicted molar refractivity (Wildman–Crippen MR) is 78.5 cm³/mol. The van der Waals surface area contributed by atoms with Gasteiger partial charge in [-0.3, -0.25) is 0 Å². The molecule has 0 saturated carbocycles. The van der Waals surface area contributed by atoms with E-state index in [0.29, 0.717) is 0 Å². The Bertz CT molecular complexity index is 611. The minimum absolute atomic E-state index is 0.957. The monoisotopic (exact) mass is 235 g/mol. The van der Waals surface area contributed by atoms with Gasteiger partial charge < -0.3 is 4.90 Å². The lowest BCUT2D eigenvalue weighted by Crippen LogP contribution is -2.19. The van der Waals surface area contributed by atoms with E-state index in [9.17, 15) is 0 Å². The number of fused-ring (bicyclic) bond motifs is 2. The Morgan fingerprint density at radius 3 is 2.56 bits per heavy atom. The summed E-state index contributed by atoms with van der Waals surface area (Å²) in [7, 11) is 2.16. The van der Waals surface area contributed by atoms with Crippen molar-refractivity contribution in [2.75, 3.05) is 11.9 Å². The zero-order valence-electron chi connectivity index (χ0n) is 10.9. The summed E-state index contributed by atoms with van der Waals surface area (Å²) in [5.74, 6) is 0. The second-order valence-corrected chi connectivity index (χ2v) is 4.90. The summed E-state index contributed by atoms with van der Waals surface area (Å²) in [6.45, 7) is 3.15. The van der Waals surface area contributed by atoms with Crippen LogP contribution in [0.1, 0.15) is 23.6 Å². The first-order valence-electron chi connectivity index (χ1n) is 6.32. The van der Waals surface area contributed by atoms with Crippen LogP contribution in [0.2, 0.25) is 0 Å². The van der Waals surface area contributed by atoms with Crippen LogP contribution < -0.4 is 4.90 Å². The maximum absolute atomic E-state index is 2.32. The minimum atomic E-state index is 0.957. The van der Waals surface area contributed by atoms with Crippen LogP contribution in [0.25, 0.3) is 11.6 Å². The average Bonchev–Trinajstić information content (AvgIpc) is 2.38. The minimum Gasteiger partial charge on any atom is -0.370 e. The first-order chi connectivity index (χ1) is 8.75. The lowest BCUT2D eigenvalue weighted by molar-refractivity contribution is 0.916. The van der Waals surface area contributed by atoms with Crippen molar-refractivity contribution >= 4 is 17.3 Å². The average molecular weight is 235 g/mol. The van der Waals surface area contributed by atoms with E-state index in [1.807, 2.05) is 0 Å². The van der Waals surface area contributed by atoms with Gasteiger partial charge >= 0.3 is 0 Å². The van der Waals surface area contributed by atoms with Gasteiger partial charge in [-0.15, -0.1) is 0 Å². The van der Waals surface area contributed by atoms with Crippen molar-refractivity contribution in [2.24, 2.45) is 0 Å². The summed E-state index contributed by atoms with van der Waals surface area (Å²) in [4.78, 5) is 2.32. The van der Waals surface area contributed by atoms with E-state index in [1.165, 1.54) is 28.0 Å². The van der Waals surface area contributed by atoms with Gasteiger partial charge in [0.2, 0.25) is 0 Å². The van der Waals surface area contributed by atoms with Gasteiger partial charge in [-0.1, -0.05) is 42.5 Å². The summed E-state index contributed by atoms with van der Waals surface area (Å²) >= 11 is 0. The van der Waals surface area contributed by atoms with E-state index < -0.39 is 0 Å². The number of benzene rings is 2. The summed E-state index contributed by atoms with van der Waals surface area (Å²) < 4.78 is 0. The summed E-state index contributed by atoms with van der Waals surface area (Å²) in [5.41, 5.74) is 6.69. The summed E-state index contributed by atoms with van der Waals surface area (Å²) in [5, 5.41) is 0. The van der Waals surface area contributed by atoms with Gasteiger partial charge in [0.25, 0.3) is 0 Å². The molecule has 0 amide bonds. The molecule has 0 fully saturated rings. The topological polar surface area (TPSA) is 3.24 Å². The highest BCUT2D eigenvalue weighted by Crippen LogP contribution is 2.31. The molecule has 0 radical (unpaired) electrons. The quantitative estimate of drug-likeness (QED) is 0.661. The molecule has 1 aliphatic heterocycles. The normalized spacial score (nSPS) is 17.0.